The topological polar surface area (TPSA) is 63.1 Å². The summed E-state index contributed by atoms with van der Waals surface area (Å²) in [6, 6.07) is 7.50. The van der Waals surface area contributed by atoms with Crippen LogP contribution in [0.1, 0.15) is 31.3 Å². The number of fused-ring (bicyclic) bond motifs is 1. The van der Waals surface area contributed by atoms with Crippen molar-refractivity contribution in [2.24, 2.45) is 5.92 Å². The Kier molecular flexibility index (Phi) is 4.04. The zero-order valence-electron chi connectivity index (χ0n) is 11.1. The quantitative estimate of drug-likeness (QED) is 0.866. The number of benzene rings is 1. The Morgan fingerprint density at radius 2 is 1.89 bits per heavy atom. The third-order valence-corrected chi connectivity index (χ3v) is 4.63. The molecule has 0 aliphatic rings. The van der Waals surface area contributed by atoms with Gasteiger partial charge >= 0.3 is 5.97 Å². The van der Waals surface area contributed by atoms with Crippen LogP contribution >= 0.6 is 11.8 Å². The van der Waals surface area contributed by atoms with E-state index in [-0.39, 0.29) is 5.69 Å². The minimum atomic E-state index is -1.03. The number of aromatic nitrogens is 2. The molecule has 0 amide bonds. The van der Waals surface area contributed by atoms with E-state index in [0.717, 1.165) is 10.9 Å². The molecule has 0 aliphatic carbocycles. The van der Waals surface area contributed by atoms with Gasteiger partial charge in [-0.2, -0.15) is 0 Å². The van der Waals surface area contributed by atoms with Crippen molar-refractivity contribution in [2.45, 2.75) is 30.9 Å². The Morgan fingerprint density at radius 1 is 1.21 bits per heavy atom. The van der Waals surface area contributed by atoms with E-state index in [0.29, 0.717) is 16.1 Å². The van der Waals surface area contributed by atoms with Crippen LogP contribution in [0, 0.1) is 5.92 Å². The van der Waals surface area contributed by atoms with Crippen molar-refractivity contribution < 1.29 is 9.90 Å². The van der Waals surface area contributed by atoms with Crippen LogP contribution in [0.25, 0.3) is 10.9 Å². The molecule has 0 saturated heterocycles. The summed E-state index contributed by atoms with van der Waals surface area (Å²) >= 11 is 1.55. The monoisotopic (exact) mass is 276 g/mol. The molecule has 100 valence electrons. The Bertz CT molecular complexity index is 613. The van der Waals surface area contributed by atoms with Gasteiger partial charge in [0.2, 0.25) is 0 Å². The lowest BCUT2D eigenvalue weighted by molar-refractivity contribution is 0.0685. The highest BCUT2D eigenvalue weighted by atomic mass is 32.2. The molecule has 1 heterocycles. The molecule has 4 nitrogen and oxygen atoms in total. The summed E-state index contributed by atoms with van der Waals surface area (Å²) in [4.78, 5) is 12.0. The van der Waals surface area contributed by atoms with Crippen LogP contribution in [0.5, 0.6) is 0 Å². The van der Waals surface area contributed by atoms with Gasteiger partial charge in [-0.1, -0.05) is 39.0 Å². The highest BCUT2D eigenvalue weighted by molar-refractivity contribution is 8.00. The third-order valence-electron chi connectivity index (χ3n) is 3.07. The second-order valence-electron chi connectivity index (χ2n) is 4.77. The van der Waals surface area contributed by atoms with Gasteiger partial charge in [0.1, 0.15) is 0 Å². The minimum Gasteiger partial charge on any atom is -0.476 e. The summed E-state index contributed by atoms with van der Waals surface area (Å²) in [7, 11) is 0. The lowest BCUT2D eigenvalue weighted by Gasteiger charge is -2.16. The molecular weight excluding hydrogens is 260 g/mol. The second-order valence-corrected chi connectivity index (χ2v) is 6.15. The van der Waals surface area contributed by atoms with Crippen LogP contribution in [0.3, 0.4) is 0 Å². The van der Waals surface area contributed by atoms with E-state index in [9.17, 15) is 9.90 Å². The van der Waals surface area contributed by atoms with Crippen LogP contribution in [0.4, 0.5) is 0 Å². The fraction of sp³-hybridized carbons (Fsp3) is 0.357. The fourth-order valence-electron chi connectivity index (χ4n) is 1.61. The number of carboxylic acid groups (broad SMARTS) is 1. The Balaban J connectivity index is 2.59. The Morgan fingerprint density at radius 3 is 2.53 bits per heavy atom. The van der Waals surface area contributed by atoms with Gasteiger partial charge < -0.3 is 5.11 Å². The SMILES string of the molecule is CC(C)C(C)Sc1c(C(=O)O)nnc2ccccc12. The maximum atomic E-state index is 11.3. The first-order valence-electron chi connectivity index (χ1n) is 6.16. The summed E-state index contributed by atoms with van der Waals surface area (Å²) in [5.74, 6) is -0.574. The van der Waals surface area contributed by atoms with Crippen LogP contribution < -0.4 is 0 Å². The number of hydrogen-bond donors (Lipinski definition) is 1. The molecule has 1 N–H and O–H groups in total. The number of carboxylic acids is 1. The Labute approximate surface area is 116 Å². The van der Waals surface area contributed by atoms with Crippen LogP contribution in [0.2, 0.25) is 0 Å². The highest BCUT2D eigenvalue weighted by Gasteiger charge is 2.20. The molecule has 0 aliphatic heterocycles. The van der Waals surface area contributed by atoms with Crippen molar-refractivity contribution in [3.63, 3.8) is 0 Å². The van der Waals surface area contributed by atoms with Crippen LogP contribution in [-0.2, 0) is 0 Å². The van der Waals surface area contributed by atoms with Crippen molar-refractivity contribution in [3.8, 4) is 0 Å². The molecule has 0 bridgehead atoms. The zero-order chi connectivity index (χ0) is 14.0. The number of thioether (sulfide) groups is 1. The van der Waals surface area contributed by atoms with Gasteiger partial charge in [0.05, 0.1) is 10.4 Å². The smallest absolute Gasteiger partial charge is 0.357 e. The van der Waals surface area contributed by atoms with Crippen molar-refractivity contribution in [1.29, 1.82) is 0 Å². The summed E-state index contributed by atoms with van der Waals surface area (Å²) in [6.07, 6.45) is 0. The maximum Gasteiger partial charge on any atom is 0.357 e. The molecule has 5 heteroatoms. The van der Waals surface area contributed by atoms with Crippen molar-refractivity contribution in [2.75, 3.05) is 0 Å². The maximum absolute atomic E-state index is 11.3. The molecule has 1 aromatic heterocycles. The molecule has 0 fully saturated rings. The van der Waals surface area contributed by atoms with Crippen molar-refractivity contribution >= 4 is 28.6 Å². The largest absolute Gasteiger partial charge is 0.476 e. The predicted octanol–water partition coefficient (Wildman–Crippen LogP) is 3.46. The van der Waals surface area contributed by atoms with E-state index in [4.69, 9.17) is 0 Å². The van der Waals surface area contributed by atoms with E-state index in [1.807, 2.05) is 24.3 Å². The van der Waals surface area contributed by atoms with Crippen molar-refractivity contribution in [3.05, 3.63) is 30.0 Å². The normalized spacial score (nSPS) is 12.8. The summed E-state index contributed by atoms with van der Waals surface area (Å²) in [6.45, 7) is 6.33. The summed E-state index contributed by atoms with van der Waals surface area (Å²) in [5, 5.41) is 18.2. The number of hydrogen-bond acceptors (Lipinski definition) is 4. The van der Waals surface area contributed by atoms with Gasteiger partial charge in [-0.05, 0) is 12.0 Å². The van der Waals surface area contributed by atoms with Gasteiger partial charge in [-0.3, -0.25) is 0 Å². The lowest BCUT2D eigenvalue weighted by Crippen LogP contribution is -2.10. The number of aromatic carboxylic acids is 1. The van der Waals surface area contributed by atoms with Crippen LogP contribution in [0.15, 0.2) is 29.2 Å². The number of nitrogens with zero attached hydrogens (tertiary/aromatic N) is 2. The molecule has 2 aromatic rings. The summed E-state index contributed by atoms with van der Waals surface area (Å²) < 4.78 is 0. The fourth-order valence-corrected chi connectivity index (χ4v) is 2.79. The first kappa shape index (κ1) is 13.8. The molecular formula is C14H16N2O2S. The molecule has 2 rings (SSSR count). The standard InChI is InChI=1S/C14H16N2O2S/c1-8(2)9(3)19-13-10-6-4-5-7-11(10)15-16-12(13)14(17)18/h4-9H,1-3H3,(H,17,18). The summed E-state index contributed by atoms with van der Waals surface area (Å²) in [5.41, 5.74) is 0.766. The van der Waals surface area contributed by atoms with E-state index >= 15 is 0 Å². The van der Waals surface area contributed by atoms with Gasteiger partial charge in [0.15, 0.2) is 5.69 Å². The predicted molar refractivity (Wildman–Crippen MR) is 76.7 cm³/mol. The molecule has 0 spiro atoms. The molecule has 1 aromatic carbocycles. The van der Waals surface area contributed by atoms with Crippen LogP contribution in [-0.4, -0.2) is 26.5 Å². The molecule has 19 heavy (non-hydrogen) atoms. The molecule has 1 unspecified atom stereocenters. The number of rotatable bonds is 4. The molecule has 0 radical (unpaired) electrons. The van der Waals surface area contributed by atoms with Gasteiger partial charge in [0, 0.05) is 10.6 Å². The minimum absolute atomic E-state index is 0.0381. The van der Waals surface area contributed by atoms with E-state index < -0.39 is 5.97 Å². The van der Waals surface area contributed by atoms with Crippen molar-refractivity contribution in [1.82, 2.24) is 10.2 Å². The van der Waals surface area contributed by atoms with Gasteiger partial charge in [-0.25, -0.2) is 4.79 Å². The van der Waals surface area contributed by atoms with Gasteiger partial charge in [-0.15, -0.1) is 22.0 Å². The Hall–Kier alpha value is -1.62. The average molecular weight is 276 g/mol. The van der Waals surface area contributed by atoms with E-state index in [1.165, 1.54) is 0 Å². The third kappa shape index (κ3) is 2.87. The molecule has 1 atom stereocenters. The molecule has 0 saturated carbocycles. The van der Waals surface area contributed by atoms with Gasteiger partial charge in [0.25, 0.3) is 0 Å². The first-order chi connectivity index (χ1) is 9.00. The highest BCUT2D eigenvalue weighted by Crippen LogP contribution is 2.34. The average Bonchev–Trinajstić information content (AvgIpc) is 2.38. The number of carbonyl (C=O) groups is 1. The second kappa shape index (κ2) is 5.57. The zero-order valence-corrected chi connectivity index (χ0v) is 11.9. The van der Waals surface area contributed by atoms with E-state index in [1.54, 1.807) is 11.8 Å². The lowest BCUT2D eigenvalue weighted by atomic mass is 10.2. The van der Waals surface area contributed by atoms with E-state index in [2.05, 4.69) is 31.0 Å². The first-order valence-corrected chi connectivity index (χ1v) is 7.04.